The third-order valence-electron chi connectivity index (χ3n) is 3.80. The summed E-state index contributed by atoms with van der Waals surface area (Å²) in [5.41, 5.74) is 1.93. The molecule has 0 radical (unpaired) electrons. The van der Waals surface area contributed by atoms with Crippen molar-refractivity contribution in [3.63, 3.8) is 0 Å². The highest BCUT2D eigenvalue weighted by molar-refractivity contribution is 7.17. The number of methoxy groups -OCH3 is 1. The molecule has 3 aromatic rings. The highest BCUT2D eigenvalue weighted by Gasteiger charge is 2.15. The Hall–Kier alpha value is -3.20. The van der Waals surface area contributed by atoms with Crippen molar-refractivity contribution in [2.45, 2.75) is 6.92 Å². The molecule has 3 N–H and O–H groups in total. The molecule has 0 atom stereocenters. The minimum atomic E-state index is -1.09. The van der Waals surface area contributed by atoms with Crippen LogP contribution in [0.25, 0.3) is 21.3 Å². The molecule has 2 heterocycles. The van der Waals surface area contributed by atoms with Crippen LogP contribution in [0.5, 0.6) is 5.75 Å². The second-order valence-corrected chi connectivity index (χ2v) is 6.56. The lowest BCUT2D eigenvalue weighted by atomic mass is 10.1. The predicted octanol–water partition coefficient (Wildman–Crippen LogP) is 2.29. The van der Waals surface area contributed by atoms with E-state index in [1.54, 1.807) is 14.0 Å². The fourth-order valence-corrected chi connectivity index (χ4v) is 3.55. The first-order valence-electron chi connectivity index (χ1n) is 8.10. The van der Waals surface area contributed by atoms with E-state index in [1.807, 2.05) is 29.6 Å². The predicted molar refractivity (Wildman–Crippen MR) is 103 cm³/mol. The molecule has 0 spiro atoms. The average molecular weight is 386 g/mol. The smallest absolute Gasteiger partial charge is 0.322 e. The van der Waals surface area contributed by atoms with Gasteiger partial charge in [-0.15, -0.1) is 11.3 Å². The molecule has 0 aliphatic heterocycles. The van der Waals surface area contributed by atoms with Crippen LogP contribution in [0.1, 0.15) is 5.82 Å². The van der Waals surface area contributed by atoms with Gasteiger partial charge in [0.05, 0.1) is 19.0 Å². The number of hydrogen-bond acceptors (Lipinski definition) is 7. The summed E-state index contributed by atoms with van der Waals surface area (Å²) in [6.45, 7) is 1.27. The van der Waals surface area contributed by atoms with E-state index in [2.05, 4.69) is 20.6 Å². The summed E-state index contributed by atoms with van der Waals surface area (Å²) in [7, 11) is 1.61. The number of benzene rings is 1. The second-order valence-electron chi connectivity index (χ2n) is 5.70. The number of aliphatic carboxylic acids is 1. The molecular weight excluding hydrogens is 368 g/mol. The summed E-state index contributed by atoms with van der Waals surface area (Å²) < 4.78 is 5.20. The number of carbonyl (C=O) groups excluding carboxylic acids is 1. The molecule has 0 saturated carbocycles. The van der Waals surface area contributed by atoms with Crippen molar-refractivity contribution >= 4 is 39.2 Å². The van der Waals surface area contributed by atoms with Gasteiger partial charge in [0.25, 0.3) is 0 Å². The van der Waals surface area contributed by atoms with Crippen molar-refractivity contribution < 1.29 is 19.4 Å². The van der Waals surface area contributed by atoms with Gasteiger partial charge >= 0.3 is 5.97 Å². The Labute approximate surface area is 159 Å². The van der Waals surface area contributed by atoms with Crippen LogP contribution >= 0.6 is 11.3 Å². The number of rotatable bonds is 7. The van der Waals surface area contributed by atoms with E-state index in [4.69, 9.17) is 9.84 Å². The van der Waals surface area contributed by atoms with E-state index in [-0.39, 0.29) is 6.54 Å². The number of carboxylic acids is 1. The Morgan fingerprint density at radius 1 is 1.19 bits per heavy atom. The van der Waals surface area contributed by atoms with Gasteiger partial charge in [0.1, 0.15) is 28.8 Å². The van der Waals surface area contributed by atoms with Gasteiger partial charge in [0, 0.05) is 10.9 Å². The molecule has 140 valence electrons. The molecule has 0 fully saturated rings. The molecule has 27 heavy (non-hydrogen) atoms. The SMILES string of the molecule is COc1ccc(-c2csc3nc(C)nc(NCC(=O)NCC(=O)O)c23)cc1. The number of ether oxygens (including phenoxy) is 1. The summed E-state index contributed by atoms with van der Waals surface area (Å²) in [5, 5.41) is 16.8. The maximum atomic E-state index is 11.8. The fraction of sp³-hybridized carbons (Fsp3) is 0.222. The topological polar surface area (TPSA) is 113 Å². The van der Waals surface area contributed by atoms with Gasteiger partial charge in [-0.25, -0.2) is 9.97 Å². The van der Waals surface area contributed by atoms with Crippen LogP contribution < -0.4 is 15.4 Å². The first-order chi connectivity index (χ1) is 13.0. The summed E-state index contributed by atoms with van der Waals surface area (Å²) in [6, 6.07) is 7.65. The minimum absolute atomic E-state index is 0.0866. The quantitative estimate of drug-likeness (QED) is 0.571. The van der Waals surface area contributed by atoms with Crippen LogP contribution in [0.4, 0.5) is 5.82 Å². The number of hydrogen-bond donors (Lipinski definition) is 3. The van der Waals surface area contributed by atoms with Gasteiger partial charge in [0.15, 0.2) is 0 Å². The van der Waals surface area contributed by atoms with Crippen LogP contribution in [0.3, 0.4) is 0 Å². The average Bonchev–Trinajstić information content (AvgIpc) is 3.08. The molecule has 8 nitrogen and oxygen atoms in total. The zero-order valence-corrected chi connectivity index (χ0v) is 15.6. The molecule has 1 aromatic carbocycles. The molecule has 3 rings (SSSR count). The number of aryl methyl sites for hydroxylation is 1. The van der Waals surface area contributed by atoms with Crippen molar-refractivity contribution in [2.24, 2.45) is 0 Å². The van der Waals surface area contributed by atoms with Crippen molar-refractivity contribution in [3.05, 3.63) is 35.5 Å². The van der Waals surface area contributed by atoms with Crippen molar-refractivity contribution in [1.29, 1.82) is 0 Å². The van der Waals surface area contributed by atoms with Gasteiger partial charge in [0.2, 0.25) is 5.91 Å². The van der Waals surface area contributed by atoms with E-state index in [0.29, 0.717) is 11.6 Å². The summed E-state index contributed by atoms with van der Waals surface area (Å²) >= 11 is 1.49. The van der Waals surface area contributed by atoms with Crippen molar-refractivity contribution in [3.8, 4) is 16.9 Å². The Morgan fingerprint density at radius 3 is 2.59 bits per heavy atom. The second kappa shape index (κ2) is 8.00. The maximum Gasteiger partial charge on any atom is 0.322 e. The molecule has 0 bridgehead atoms. The minimum Gasteiger partial charge on any atom is -0.497 e. The molecule has 2 aromatic heterocycles. The number of thiophene rings is 1. The van der Waals surface area contributed by atoms with E-state index < -0.39 is 18.4 Å². The first kappa shape index (κ1) is 18.6. The Balaban J connectivity index is 1.91. The highest BCUT2D eigenvalue weighted by atomic mass is 32.1. The van der Waals surface area contributed by atoms with Gasteiger partial charge in [-0.1, -0.05) is 12.1 Å². The third-order valence-corrected chi connectivity index (χ3v) is 4.67. The number of nitrogens with one attached hydrogen (secondary N) is 2. The number of aromatic nitrogens is 2. The number of nitrogens with zero attached hydrogens (tertiary/aromatic N) is 2. The molecule has 9 heteroatoms. The van der Waals surface area contributed by atoms with E-state index in [9.17, 15) is 9.59 Å². The number of carboxylic acid groups (broad SMARTS) is 1. The lowest BCUT2D eigenvalue weighted by molar-refractivity contribution is -0.137. The molecular formula is C18H18N4O4S. The van der Waals surface area contributed by atoms with Crippen LogP contribution in [-0.4, -0.2) is 47.2 Å². The number of carbonyl (C=O) groups is 2. The monoisotopic (exact) mass is 386 g/mol. The molecule has 0 unspecified atom stereocenters. The largest absolute Gasteiger partial charge is 0.497 e. The van der Waals surface area contributed by atoms with Gasteiger partial charge in [-0.2, -0.15) is 0 Å². The van der Waals surface area contributed by atoms with Crippen LogP contribution in [0, 0.1) is 6.92 Å². The number of anilines is 1. The van der Waals surface area contributed by atoms with E-state index in [0.717, 1.165) is 27.1 Å². The van der Waals surface area contributed by atoms with Gasteiger partial charge in [-0.3, -0.25) is 9.59 Å². The normalized spacial score (nSPS) is 10.6. The zero-order chi connectivity index (χ0) is 19.4. The van der Waals surface area contributed by atoms with Gasteiger partial charge in [-0.05, 0) is 24.6 Å². The molecule has 0 saturated heterocycles. The van der Waals surface area contributed by atoms with E-state index >= 15 is 0 Å². The lowest BCUT2D eigenvalue weighted by Crippen LogP contribution is -2.34. The highest BCUT2D eigenvalue weighted by Crippen LogP contribution is 2.37. The summed E-state index contributed by atoms with van der Waals surface area (Å²) in [4.78, 5) is 32.1. The van der Waals surface area contributed by atoms with Crippen molar-refractivity contribution in [2.75, 3.05) is 25.5 Å². The summed E-state index contributed by atoms with van der Waals surface area (Å²) in [6.07, 6.45) is 0. The maximum absolute atomic E-state index is 11.8. The van der Waals surface area contributed by atoms with Crippen LogP contribution in [0.2, 0.25) is 0 Å². The first-order valence-corrected chi connectivity index (χ1v) is 8.98. The molecule has 0 aliphatic rings. The van der Waals surface area contributed by atoms with Crippen LogP contribution in [0.15, 0.2) is 29.6 Å². The Morgan fingerprint density at radius 2 is 1.93 bits per heavy atom. The fourth-order valence-electron chi connectivity index (χ4n) is 2.56. The standard InChI is InChI=1S/C18H18N4O4S/c1-10-21-17(20-7-14(23)19-8-15(24)25)16-13(9-27-18(16)22-10)11-3-5-12(26-2)6-4-11/h3-6,9H,7-8H2,1-2H3,(H,19,23)(H,24,25)(H,20,21,22). The number of fused-ring (bicyclic) bond motifs is 1. The van der Waals surface area contributed by atoms with Crippen molar-refractivity contribution in [1.82, 2.24) is 15.3 Å². The lowest BCUT2D eigenvalue weighted by Gasteiger charge is -2.10. The third kappa shape index (κ3) is 4.32. The van der Waals surface area contributed by atoms with Gasteiger partial charge < -0.3 is 20.5 Å². The number of amides is 1. The Kier molecular flexibility index (Phi) is 5.51. The Bertz CT molecular complexity index is 985. The molecule has 1 amide bonds. The van der Waals surface area contributed by atoms with Crippen LogP contribution in [-0.2, 0) is 9.59 Å². The van der Waals surface area contributed by atoms with E-state index in [1.165, 1.54) is 11.3 Å². The molecule has 0 aliphatic carbocycles. The zero-order valence-electron chi connectivity index (χ0n) is 14.8. The summed E-state index contributed by atoms with van der Waals surface area (Å²) in [5.74, 6) is 0.360.